The zero-order valence-electron chi connectivity index (χ0n) is 24.1. The molecule has 0 radical (unpaired) electrons. The molecule has 210 valence electrons. The van der Waals surface area contributed by atoms with Crippen LogP contribution in [0.25, 0.3) is 0 Å². The van der Waals surface area contributed by atoms with Gasteiger partial charge in [-0.2, -0.15) is 12.6 Å². The lowest BCUT2D eigenvalue weighted by Crippen LogP contribution is -2.54. The van der Waals surface area contributed by atoms with Gasteiger partial charge in [-0.25, -0.2) is 4.79 Å². The monoisotopic (exact) mass is 535 g/mol. The van der Waals surface area contributed by atoms with Crippen molar-refractivity contribution in [1.29, 1.82) is 0 Å². The summed E-state index contributed by atoms with van der Waals surface area (Å²) in [4.78, 5) is 41.6. The SMILES string of the molecule is CCCCCCCCN(C(=O)C(CS)NC(=O)OC(C)(C)C)C(C(=O)NC(C)C)c1cc(C)cc(C)c1. The Balaban J connectivity index is 3.38. The molecular formula is C29H49N3O4S. The minimum atomic E-state index is -0.932. The molecule has 0 saturated carbocycles. The molecule has 0 heterocycles. The molecule has 1 aromatic rings. The van der Waals surface area contributed by atoms with Crippen LogP contribution in [0.15, 0.2) is 18.2 Å². The summed E-state index contributed by atoms with van der Waals surface area (Å²) in [7, 11) is 0. The van der Waals surface area contributed by atoms with Gasteiger partial charge in [-0.1, -0.05) is 68.4 Å². The summed E-state index contributed by atoms with van der Waals surface area (Å²) in [6.45, 7) is 15.6. The molecule has 1 rings (SSSR count). The largest absolute Gasteiger partial charge is 0.444 e. The second-order valence-electron chi connectivity index (χ2n) is 11.2. The Kier molecular flexibility index (Phi) is 14.1. The molecule has 2 unspecified atom stereocenters. The molecule has 0 spiro atoms. The van der Waals surface area contributed by atoms with Gasteiger partial charge in [0.05, 0.1) is 0 Å². The molecule has 2 atom stereocenters. The van der Waals surface area contributed by atoms with Crippen molar-refractivity contribution in [2.45, 2.75) is 118 Å². The Hall–Kier alpha value is -2.22. The zero-order valence-corrected chi connectivity index (χ0v) is 25.0. The number of benzene rings is 1. The van der Waals surface area contributed by atoms with Crippen LogP contribution in [0.5, 0.6) is 0 Å². The summed E-state index contributed by atoms with van der Waals surface area (Å²) < 4.78 is 5.38. The van der Waals surface area contributed by atoms with E-state index < -0.39 is 23.8 Å². The number of hydrogen-bond donors (Lipinski definition) is 3. The lowest BCUT2D eigenvalue weighted by atomic mass is 9.98. The molecule has 0 aromatic heterocycles. The van der Waals surface area contributed by atoms with E-state index in [2.05, 4.69) is 30.2 Å². The fraction of sp³-hybridized carbons (Fsp3) is 0.690. The molecule has 0 saturated heterocycles. The van der Waals surface area contributed by atoms with Crippen LogP contribution in [0, 0.1) is 13.8 Å². The molecule has 0 fully saturated rings. The van der Waals surface area contributed by atoms with E-state index in [0.29, 0.717) is 6.54 Å². The van der Waals surface area contributed by atoms with Gasteiger partial charge in [0, 0.05) is 18.3 Å². The molecule has 1 aromatic carbocycles. The van der Waals surface area contributed by atoms with Gasteiger partial charge in [-0.15, -0.1) is 0 Å². The predicted molar refractivity (Wildman–Crippen MR) is 154 cm³/mol. The number of ether oxygens (including phenoxy) is 1. The van der Waals surface area contributed by atoms with Gasteiger partial charge in [0.15, 0.2) is 0 Å². The Labute approximate surface area is 229 Å². The third kappa shape index (κ3) is 12.2. The van der Waals surface area contributed by atoms with Gasteiger partial charge in [0.1, 0.15) is 17.7 Å². The minimum Gasteiger partial charge on any atom is -0.444 e. The number of alkyl carbamates (subject to hydrolysis) is 1. The second kappa shape index (κ2) is 15.9. The van der Waals surface area contributed by atoms with Crippen molar-refractivity contribution in [2.75, 3.05) is 12.3 Å². The van der Waals surface area contributed by atoms with Gasteiger partial charge < -0.3 is 20.3 Å². The molecule has 0 aliphatic rings. The van der Waals surface area contributed by atoms with E-state index in [4.69, 9.17) is 4.74 Å². The number of amides is 3. The van der Waals surface area contributed by atoms with E-state index >= 15 is 0 Å². The molecule has 2 N–H and O–H groups in total. The summed E-state index contributed by atoms with van der Waals surface area (Å²) in [5.74, 6) is -0.511. The Morgan fingerprint density at radius 2 is 1.51 bits per heavy atom. The average molecular weight is 536 g/mol. The predicted octanol–water partition coefficient (Wildman–Crippen LogP) is 5.88. The molecule has 0 bridgehead atoms. The maximum absolute atomic E-state index is 13.9. The summed E-state index contributed by atoms with van der Waals surface area (Å²) in [6, 6.07) is 4.10. The Bertz CT molecular complexity index is 862. The van der Waals surface area contributed by atoms with E-state index in [1.165, 1.54) is 6.42 Å². The Morgan fingerprint density at radius 1 is 0.946 bits per heavy atom. The number of unbranched alkanes of at least 4 members (excludes halogenated alkanes) is 5. The summed E-state index contributed by atoms with van der Waals surface area (Å²) >= 11 is 4.36. The maximum atomic E-state index is 13.9. The zero-order chi connectivity index (χ0) is 28.2. The maximum Gasteiger partial charge on any atom is 0.408 e. The van der Waals surface area contributed by atoms with Crippen molar-refractivity contribution in [1.82, 2.24) is 15.5 Å². The van der Waals surface area contributed by atoms with E-state index in [1.807, 2.05) is 45.9 Å². The first-order valence-electron chi connectivity index (χ1n) is 13.6. The van der Waals surface area contributed by atoms with Crippen LogP contribution in [-0.2, 0) is 14.3 Å². The first-order chi connectivity index (χ1) is 17.3. The van der Waals surface area contributed by atoms with E-state index in [0.717, 1.165) is 48.8 Å². The van der Waals surface area contributed by atoms with E-state index in [1.54, 1.807) is 25.7 Å². The van der Waals surface area contributed by atoms with Crippen molar-refractivity contribution in [3.8, 4) is 0 Å². The number of carbonyl (C=O) groups excluding carboxylic acids is 3. The van der Waals surface area contributed by atoms with Crippen LogP contribution in [0.2, 0.25) is 0 Å². The highest BCUT2D eigenvalue weighted by molar-refractivity contribution is 7.80. The average Bonchev–Trinajstić information content (AvgIpc) is 2.76. The van der Waals surface area contributed by atoms with Gasteiger partial charge in [0.2, 0.25) is 11.8 Å². The number of aryl methyl sites for hydroxylation is 2. The molecule has 7 nitrogen and oxygen atoms in total. The normalized spacial score (nSPS) is 13.1. The Morgan fingerprint density at radius 3 is 2.03 bits per heavy atom. The highest BCUT2D eigenvalue weighted by Crippen LogP contribution is 2.26. The standard InChI is InChI=1S/C29H49N3O4S/c1-9-10-11-12-13-14-15-32(27(34)24(19-37)31-28(35)36-29(6,7)8)25(26(33)30-20(2)3)23-17-21(4)16-22(5)18-23/h16-18,20,24-25,37H,9-15,19H2,1-8H3,(H,30,33)(H,31,35). The topological polar surface area (TPSA) is 87.7 Å². The van der Waals surface area contributed by atoms with Crippen molar-refractivity contribution < 1.29 is 19.1 Å². The third-order valence-electron chi connectivity index (χ3n) is 5.76. The molecule has 0 aliphatic carbocycles. The van der Waals surface area contributed by atoms with Crippen molar-refractivity contribution in [3.63, 3.8) is 0 Å². The summed E-state index contributed by atoms with van der Waals surface area (Å²) in [5.41, 5.74) is 2.08. The number of thiol groups is 1. The molecule has 37 heavy (non-hydrogen) atoms. The summed E-state index contributed by atoms with van der Waals surface area (Å²) in [6.07, 6.45) is 5.61. The van der Waals surface area contributed by atoms with Crippen LogP contribution in [0.3, 0.4) is 0 Å². The van der Waals surface area contributed by atoms with E-state index in [-0.39, 0.29) is 23.6 Å². The number of rotatable bonds is 14. The lowest BCUT2D eigenvalue weighted by molar-refractivity contribution is -0.142. The molecular weight excluding hydrogens is 486 g/mol. The molecule has 3 amide bonds. The van der Waals surface area contributed by atoms with E-state index in [9.17, 15) is 14.4 Å². The molecule has 0 aliphatic heterocycles. The van der Waals surface area contributed by atoms with Gasteiger partial charge in [-0.05, 0) is 60.5 Å². The quantitative estimate of drug-likeness (QED) is 0.205. The minimum absolute atomic E-state index is 0.0798. The number of hydrogen-bond acceptors (Lipinski definition) is 5. The van der Waals surface area contributed by atoms with Crippen molar-refractivity contribution in [2.24, 2.45) is 0 Å². The third-order valence-corrected chi connectivity index (χ3v) is 6.12. The number of nitrogens with one attached hydrogen (secondary N) is 2. The number of nitrogens with zero attached hydrogens (tertiary/aromatic N) is 1. The second-order valence-corrected chi connectivity index (χ2v) is 11.5. The number of carbonyl (C=O) groups is 3. The fourth-order valence-electron chi connectivity index (χ4n) is 4.27. The first-order valence-corrected chi connectivity index (χ1v) is 14.2. The van der Waals surface area contributed by atoms with Crippen LogP contribution >= 0.6 is 12.6 Å². The van der Waals surface area contributed by atoms with Crippen LogP contribution in [0.1, 0.15) is 103 Å². The first kappa shape index (κ1) is 32.8. The molecule has 8 heteroatoms. The highest BCUT2D eigenvalue weighted by atomic mass is 32.1. The summed E-state index contributed by atoms with van der Waals surface area (Å²) in [5, 5.41) is 5.67. The van der Waals surface area contributed by atoms with Crippen molar-refractivity contribution >= 4 is 30.5 Å². The smallest absolute Gasteiger partial charge is 0.408 e. The van der Waals surface area contributed by atoms with Gasteiger partial charge >= 0.3 is 6.09 Å². The highest BCUT2D eigenvalue weighted by Gasteiger charge is 2.36. The van der Waals surface area contributed by atoms with Crippen LogP contribution < -0.4 is 10.6 Å². The van der Waals surface area contributed by atoms with Crippen LogP contribution in [0.4, 0.5) is 4.79 Å². The van der Waals surface area contributed by atoms with Gasteiger partial charge in [-0.3, -0.25) is 9.59 Å². The van der Waals surface area contributed by atoms with Crippen molar-refractivity contribution in [3.05, 3.63) is 34.9 Å². The lowest BCUT2D eigenvalue weighted by Gasteiger charge is -2.35. The van der Waals surface area contributed by atoms with Gasteiger partial charge in [0.25, 0.3) is 0 Å². The van der Waals surface area contributed by atoms with Crippen LogP contribution in [-0.4, -0.2) is 52.8 Å². The fourth-order valence-corrected chi connectivity index (χ4v) is 4.52.